The molecule has 2 rings (SSSR count). The first-order valence-electron chi connectivity index (χ1n) is 6.62. The van der Waals surface area contributed by atoms with Crippen molar-refractivity contribution in [3.05, 3.63) is 29.6 Å². The van der Waals surface area contributed by atoms with Crippen LogP contribution in [-0.4, -0.2) is 46.6 Å². The fourth-order valence-electron chi connectivity index (χ4n) is 2.12. The smallest absolute Gasteiger partial charge is 0.146 e. The molecule has 1 aromatic rings. The molecule has 0 amide bonds. The van der Waals surface area contributed by atoms with Gasteiger partial charge in [0.15, 0.2) is 0 Å². The number of ether oxygens (including phenoxy) is 2. The number of anilines is 1. The van der Waals surface area contributed by atoms with E-state index in [4.69, 9.17) is 9.47 Å². The molecule has 5 heteroatoms. The summed E-state index contributed by atoms with van der Waals surface area (Å²) in [5.41, 5.74) is 1.76. The van der Waals surface area contributed by atoms with Crippen LogP contribution in [0.25, 0.3) is 0 Å². The maximum Gasteiger partial charge on any atom is 0.146 e. The van der Waals surface area contributed by atoms with E-state index in [1.54, 1.807) is 7.11 Å². The highest BCUT2D eigenvalue weighted by molar-refractivity contribution is 5.50. The van der Waals surface area contributed by atoms with Crippen molar-refractivity contribution < 1.29 is 13.9 Å². The van der Waals surface area contributed by atoms with E-state index in [1.807, 2.05) is 17.0 Å². The maximum atomic E-state index is 13.9. The van der Waals surface area contributed by atoms with Gasteiger partial charge in [0.2, 0.25) is 0 Å². The lowest BCUT2D eigenvalue weighted by molar-refractivity contribution is 0.122. The van der Waals surface area contributed by atoms with Crippen LogP contribution in [0.4, 0.5) is 10.1 Å². The van der Waals surface area contributed by atoms with Crippen molar-refractivity contribution >= 4 is 5.69 Å². The van der Waals surface area contributed by atoms with Crippen LogP contribution in [0.2, 0.25) is 0 Å². The highest BCUT2D eigenvalue weighted by Gasteiger charge is 2.15. The van der Waals surface area contributed by atoms with Crippen LogP contribution >= 0.6 is 0 Å². The van der Waals surface area contributed by atoms with E-state index in [0.29, 0.717) is 25.5 Å². The van der Waals surface area contributed by atoms with Crippen LogP contribution in [0.1, 0.15) is 5.56 Å². The van der Waals surface area contributed by atoms with E-state index in [9.17, 15) is 4.39 Å². The van der Waals surface area contributed by atoms with Gasteiger partial charge >= 0.3 is 0 Å². The number of morpholine rings is 1. The van der Waals surface area contributed by atoms with Gasteiger partial charge < -0.3 is 19.7 Å². The predicted octanol–water partition coefficient (Wildman–Crippen LogP) is 1.40. The highest BCUT2D eigenvalue weighted by Crippen LogP contribution is 2.22. The number of methoxy groups -OCH3 is 1. The molecule has 0 aliphatic carbocycles. The summed E-state index contributed by atoms with van der Waals surface area (Å²) in [6.07, 6.45) is 0. The Morgan fingerprint density at radius 3 is 2.89 bits per heavy atom. The molecule has 1 heterocycles. The van der Waals surface area contributed by atoms with Crippen LogP contribution in [0.3, 0.4) is 0 Å². The first-order chi connectivity index (χ1) is 9.31. The van der Waals surface area contributed by atoms with Crippen LogP contribution in [0, 0.1) is 5.82 Å². The summed E-state index contributed by atoms with van der Waals surface area (Å²) < 4.78 is 24.1. The van der Waals surface area contributed by atoms with Gasteiger partial charge in [0.25, 0.3) is 0 Å². The van der Waals surface area contributed by atoms with Crippen molar-refractivity contribution in [1.29, 1.82) is 0 Å². The summed E-state index contributed by atoms with van der Waals surface area (Å²) in [4.78, 5) is 2.04. The van der Waals surface area contributed by atoms with Crippen LogP contribution in [0.5, 0.6) is 0 Å². The lowest BCUT2D eigenvalue weighted by Crippen LogP contribution is -2.36. The normalized spacial score (nSPS) is 15.8. The fraction of sp³-hybridized carbons (Fsp3) is 0.571. The molecule has 0 saturated carbocycles. The molecule has 1 aliphatic rings. The predicted molar refractivity (Wildman–Crippen MR) is 73.0 cm³/mol. The standard InChI is InChI=1S/C14H21FN2O2/c1-18-7-4-16-11-12-2-3-13(15)14(10-12)17-5-8-19-9-6-17/h2-3,10,16H,4-9,11H2,1H3. The number of benzene rings is 1. The molecule has 4 nitrogen and oxygen atoms in total. The summed E-state index contributed by atoms with van der Waals surface area (Å²) in [5.74, 6) is -0.164. The lowest BCUT2D eigenvalue weighted by Gasteiger charge is -2.29. The number of nitrogens with zero attached hydrogens (tertiary/aromatic N) is 1. The molecule has 0 atom stereocenters. The van der Waals surface area contributed by atoms with Gasteiger partial charge in [-0.15, -0.1) is 0 Å². The van der Waals surface area contributed by atoms with Crippen LogP contribution in [0.15, 0.2) is 18.2 Å². The summed E-state index contributed by atoms with van der Waals surface area (Å²) >= 11 is 0. The second-order valence-corrected chi connectivity index (χ2v) is 4.55. The third-order valence-electron chi connectivity index (χ3n) is 3.17. The van der Waals surface area contributed by atoms with Gasteiger partial charge in [-0.2, -0.15) is 0 Å². The van der Waals surface area contributed by atoms with Gasteiger partial charge in [0.05, 0.1) is 25.5 Å². The molecule has 1 aliphatic heterocycles. The Bertz CT molecular complexity index is 395. The Kier molecular flexibility index (Phi) is 5.57. The summed E-state index contributed by atoms with van der Waals surface area (Å²) in [6, 6.07) is 5.28. The average molecular weight is 268 g/mol. The Labute approximate surface area is 113 Å². The monoisotopic (exact) mass is 268 g/mol. The summed E-state index contributed by atoms with van der Waals surface area (Å²) in [6.45, 7) is 5.01. The lowest BCUT2D eigenvalue weighted by atomic mass is 10.1. The quantitative estimate of drug-likeness (QED) is 0.791. The van der Waals surface area contributed by atoms with Gasteiger partial charge in [-0.05, 0) is 17.7 Å². The van der Waals surface area contributed by atoms with Crippen molar-refractivity contribution in [2.24, 2.45) is 0 Å². The molecule has 0 unspecified atom stereocenters. The minimum atomic E-state index is -0.164. The summed E-state index contributed by atoms with van der Waals surface area (Å²) in [5, 5.41) is 3.26. The molecule has 1 fully saturated rings. The third-order valence-corrected chi connectivity index (χ3v) is 3.17. The van der Waals surface area contributed by atoms with Crippen molar-refractivity contribution in [2.45, 2.75) is 6.54 Å². The number of nitrogens with one attached hydrogen (secondary N) is 1. The van der Waals surface area contributed by atoms with Crippen LogP contribution < -0.4 is 10.2 Å². The van der Waals surface area contributed by atoms with Crippen molar-refractivity contribution in [2.75, 3.05) is 51.5 Å². The van der Waals surface area contributed by atoms with Crippen molar-refractivity contribution in [3.63, 3.8) is 0 Å². The molecule has 0 spiro atoms. The van der Waals surface area contributed by atoms with Gasteiger partial charge in [-0.1, -0.05) is 6.07 Å². The molecule has 106 valence electrons. The van der Waals surface area contributed by atoms with E-state index in [2.05, 4.69) is 5.32 Å². The Morgan fingerprint density at radius 1 is 1.37 bits per heavy atom. The zero-order valence-electron chi connectivity index (χ0n) is 11.3. The Hall–Kier alpha value is -1.17. The molecule has 0 aromatic heterocycles. The van der Waals surface area contributed by atoms with E-state index in [0.717, 1.165) is 31.7 Å². The van der Waals surface area contributed by atoms with E-state index < -0.39 is 0 Å². The molecule has 1 aromatic carbocycles. The third kappa shape index (κ3) is 4.16. The molecule has 0 radical (unpaired) electrons. The van der Waals surface area contributed by atoms with Crippen molar-refractivity contribution in [1.82, 2.24) is 5.32 Å². The minimum absolute atomic E-state index is 0.164. The Balaban J connectivity index is 1.97. The molecular weight excluding hydrogens is 247 g/mol. The second-order valence-electron chi connectivity index (χ2n) is 4.55. The fourth-order valence-corrected chi connectivity index (χ4v) is 2.12. The number of hydrogen-bond acceptors (Lipinski definition) is 4. The van der Waals surface area contributed by atoms with Crippen LogP contribution in [-0.2, 0) is 16.0 Å². The topological polar surface area (TPSA) is 33.7 Å². The number of halogens is 1. The first-order valence-corrected chi connectivity index (χ1v) is 6.62. The highest BCUT2D eigenvalue weighted by atomic mass is 19.1. The second kappa shape index (κ2) is 7.43. The SMILES string of the molecule is COCCNCc1ccc(F)c(N2CCOCC2)c1. The summed E-state index contributed by atoms with van der Waals surface area (Å²) in [7, 11) is 1.68. The van der Waals surface area contributed by atoms with E-state index >= 15 is 0 Å². The maximum absolute atomic E-state index is 13.9. The van der Waals surface area contributed by atoms with Gasteiger partial charge in [-0.25, -0.2) is 4.39 Å². The average Bonchev–Trinajstić information content (AvgIpc) is 2.46. The number of rotatable bonds is 6. The molecule has 19 heavy (non-hydrogen) atoms. The molecular formula is C14H21FN2O2. The van der Waals surface area contributed by atoms with Gasteiger partial charge in [0, 0.05) is 33.3 Å². The minimum Gasteiger partial charge on any atom is -0.383 e. The zero-order valence-corrected chi connectivity index (χ0v) is 11.3. The van der Waals surface area contributed by atoms with E-state index in [-0.39, 0.29) is 5.82 Å². The molecule has 0 bridgehead atoms. The van der Waals surface area contributed by atoms with Gasteiger partial charge in [0.1, 0.15) is 5.82 Å². The first kappa shape index (κ1) is 14.2. The molecule has 1 saturated heterocycles. The Morgan fingerprint density at radius 2 is 2.16 bits per heavy atom. The van der Waals surface area contributed by atoms with Crippen molar-refractivity contribution in [3.8, 4) is 0 Å². The zero-order chi connectivity index (χ0) is 13.5. The van der Waals surface area contributed by atoms with Gasteiger partial charge in [-0.3, -0.25) is 0 Å². The van der Waals surface area contributed by atoms with E-state index in [1.165, 1.54) is 6.07 Å². The molecule has 1 N–H and O–H groups in total. The number of hydrogen-bond donors (Lipinski definition) is 1. The largest absolute Gasteiger partial charge is 0.383 e.